The van der Waals surface area contributed by atoms with Crippen LogP contribution < -0.4 is 5.73 Å². The molecule has 0 aliphatic heterocycles. The van der Waals surface area contributed by atoms with E-state index in [-0.39, 0.29) is 31.6 Å². The minimum absolute atomic E-state index is 0.235. The van der Waals surface area contributed by atoms with E-state index in [1.54, 1.807) is 18.5 Å². The van der Waals surface area contributed by atoms with Gasteiger partial charge in [-0.15, -0.1) is 11.6 Å². The van der Waals surface area contributed by atoms with Gasteiger partial charge in [0, 0.05) is 24.6 Å². The van der Waals surface area contributed by atoms with E-state index in [9.17, 15) is 13.6 Å². The molecule has 24 heavy (non-hydrogen) atoms. The molecule has 2 heterocycles. The van der Waals surface area contributed by atoms with E-state index in [1.165, 1.54) is 4.52 Å². The summed E-state index contributed by atoms with van der Waals surface area (Å²) in [4.78, 5) is 15.7. The number of carbonyl (C=O) groups excluding carboxylic acids is 1. The molecule has 0 spiro atoms. The molecule has 1 atom stereocenters. The predicted octanol–water partition coefficient (Wildman–Crippen LogP) is 3.43. The van der Waals surface area contributed by atoms with Gasteiger partial charge < -0.3 is 10.5 Å². The quantitative estimate of drug-likeness (QED) is 0.849. The van der Waals surface area contributed by atoms with E-state index in [0.717, 1.165) is 5.56 Å². The second kappa shape index (κ2) is 6.51. The molecule has 6 nitrogen and oxygen atoms in total. The van der Waals surface area contributed by atoms with Gasteiger partial charge in [-0.05, 0) is 24.5 Å². The molecule has 130 valence electrons. The molecule has 2 aromatic rings. The zero-order chi connectivity index (χ0) is 17.3. The summed E-state index contributed by atoms with van der Waals surface area (Å²) in [5, 5.41) is 4.18. The van der Waals surface area contributed by atoms with E-state index < -0.39 is 18.1 Å². The first-order valence-corrected chi connectivity index (χ1v) is 8.15. The van der Waals surface area contributed by atoms with Crippen molar-refractivity contribution in [2.24, 2.45) is 11.7 Å². The van der Waals surface area contributed by atoms with Crippen LogP contribution in [0.15, 0.2) is 18.5 Å². The summed E-state index contributed by atoms with van der Waals surface area (Å²) in [7, 11) is 0. The lowest BCUT2D eigenvalue weighted by Gasteiger charge is -2.32. The van der Waals surface area contributed by atoms with Gasteiger partial charge in [-0.3, -0.25) is 0 Å². The number of halogens is 3. The Morgan fingerprint density at radius 3 is 2.83 bits per heavy atom. The van der Waals surface area contributed by atoms with Crippen LogP contribution in [0.5, 0.6) is 0 Å². The molecular formula is C15H17ClF2N4O2. The van der Waals surface area contributed by atoms with Gasteiger partial charge in [0.2, 0.25) is 5.92 Å². The molecule has 1 aliphatic carbocycles. The number of carbonyl (C=O) groups is 1. The molecule has 0 aromatic carbocycles. The van der Waals surface area contributed by atoms with Crippen LogP contribution in [0.2, 0.25) is 0 Å². The van der Waals surface area contributed by atoms with Crippen LogP contribution >= 0.6 is 11.6 Å². The van der Waals surface area contributed by atoms with Crippen molar-refractivity contribution in [3.8, 4) is 0 Å². The number of hydrogen-bond acceptors (Lipinski definition) is 4. The van der Waals surface area contributed by atoms with Crippen LogP contribution in [0.3, 0.4) is 0 Å². The topological polar surface area (TPSA) is 82.5 Å². The highest BCUT2D eigenvalue weighted by Crippen LogP contribution is 2.42. The van der Waals surface area contributed by atoms with Crippen LogP contribution in [0, 0.1) is 5.92 Å². The average Bonchev–Trinajstić information content (AvgIpc) is 2.95. The molecule has 2 aromatic heterocycles. The Morgan fingerprint density at radius 2 is 2.21 bits per heavy atom. The van der Waals surface area contributed by atoms with Crippen LogP contribution in [0.25, 0.3) is 5.65 Å². The molecule has 0 bridgehead atoms. The molecule has 1 aliphatic rings. The SMILES string of the molecule is NC(=O)OC(c1cn2ncc(CCl)cc2n1)C1CCC(F)(F)CC1. The van der Waals surface area contributed by atoms with Gasteiger partial charge in [0.25, 0.3) is 0 Å². The van der Waals surface area contributed by atoms with Gasteiger partial charge in [0.15, 0.2) is 5.65 Å². The Bertz CT molecular complexity index is 742. The lowest BCUT2D eigenvalue weighted by Crippen LogP contribution is -2.30. The molecule has 0 saturated heterocycles. The van der Waals surface area contributed by atoms with Crippen molar-refractivity contribution in [1.29, 1.82) is 0 Å². The second-order valence-electron chi connectivity index (χ2n) is 6.02. The van der Waals surface area contributed by atoms with Crippen LogP contribution in [0.4, 0.5) is 13.6 Å². The summed E-state index contributed by atoms with van der Waals surface area (Å²) in [5.41, 5.74) is 6.94. The summed E-state index contributed by atoms with van der Waals surface area (Å²) in [6.07, 6.45) is 1.50. The minimum atomic E-state index is -2.66. The number of ether oxygens (including phenoxy) is 1. The monoisotopic (exact) mass is 358 g/mol. The summed E-state index contributed by atoms with van der Waals surface area (Å²) in [6, 6.07) is 1.76. The molecule has 2 N–H and O–H groups in total. The number of imidazole rings is 1. The first-order valence-electron chi connectivity index (χ1n) is 7.62. The Balaban J connectivity index is 1.89. The van der Waals surface area contributed by atoms with Crippen molar-refractivity contribution in [1.82, 2.24) is 14.6 Å². The number of nitrogens with zero attached hydrogens (tertiary/aromatic N) is 3. The Labute approximate surface area is 141 Å². The fourth-order valence-corrected chi connectivity index (χ4v) is 3.18. The third kappa shape index (κ3) is 3.58. The van der Waals surface area contributed by atoms with Crippen LogP contribution in [-0.4, -0.2) is 26.6 Å². The minimum Gasteiger partial charge on any atom is -0.440 e. The van der Waals surface area contributed by atoms with Crippen molar-refractivity contribution in [2.75, 3.05) is 0 Å². The van der Waals surface area contributed by atoms with Crippen LogP contribution in [0.1, 0.15) is 43.0 Å². The zero-order valence-electron chi connectivity index (χ0n) is 12.8. The third-order valence-electron chi connectivity index (χ3n) is 4.27. The highest BCUT2D eigenvalue weighted by atomic mass is 35.5. The van der Waals surface area contributed by atoms with E-state index in [2.05, 4.69) is 10.1 Å². The molecular weight excluding hydrogens is 342 g/mol. The Hall–Kier alpha value is -1.96. The molecule has 9 heteroatoms. The third-order valence-corrected chi connectivity index (χ3v) is 4.58. The number of amides is 1. The first kappa shape index (κ1) is 16.9. The number of fused-ring (bicyclic) bond motifs is 1. The summed E-state index contributed by atoms with van der Waals surface area (Å²) in [6.45, 7) is 0. The van der Waals surface area contributed by atoms with E-state index in [4.69, 9.17) is 22.1 Å². The number of rotatable bonds is 4. The van der Waals surface area contributed by atoms with Gasteiger partial charge in [-0.1, -0.05) is 0 Å². The lowest BCUT2D eigenvalue weighted by atomic mass is 9.82. The summed E-state index contributed by atoms with van der Waals surface area (Å²) < 4.78 is 33.5. The van der Waals surface area contributed by atoms with E-state index in [0.29, 0.717) is 17.2 Å². The average molecular weight is 359 g/mol. The van der Waals surface area contributed by atoms with Crippen molar-refractivity contribution >= 4 is 23.3 Å². The fourth-order valence-electron chi connectivity index (χ4n) is 3.03. The molecule has 1 saturated carbocycles. The molecule has 1 unspecified atom stereocenters. The summed E-state index contributed by atoms with van der Waals surface area (Å²) in [5.74, 6) is -2.62. The van der Waals surface area contributed by atoms with Crippen molar-refractivity contribution in [3.63, 3.8) is 0 Å². The standard InChI is InChI=1S/C15H17ClF2N4O2/c16-6-9-5-12-21-11(8-22(12)20-7-9)13(24-14(19)23)10-1-3-15(17,18)4-2-10/h5,7-8,10,13H,1-4,6H2,(H2,19,23). The van der Waals surface area contributed by atoms with Crippen molar-refractivity contribution in [2.45, 2.75) is 43.6 Å². The smallest absolute Gasteiger partial charge is 0.405 e. The highest BCUT2D eigenvalue weighted by Gasteiger charge is 2.40. The number of primary amides is 1. The van der Waals surface area contributed by atoms with Gasteiger partial charge in [0.1, 0.15) is 11.8 Å². The van der Waals surface area contributed by atoms with Crippen molar-refractivity contribution < 1.29 is 18.3 Å². The first-order chi connectivity index (χ1) is 11.4. The Kier molecular flexibility index (Phi) is 4.58. The zero-order valence-corrected chi connectivity index (χ0v) is 13.5. The van der Waals surface area contributed by atoms with Crippen molar-refractivity contribution in [3.05, 3.63) is 29.7 Å². The Morgan fingerprint density at radius 1 is 1.50 bits per heavy atom. The summed E-state index contributed by atoms with van der Waals surface area (Å²) >= 11 is 5.78. The normalized spacial score (nSPS) is 19.3. The largest absolute Gasteiger partial charge is 0.440 e. The molecule has 3 rings (SSSR count). The lowest BCUT2D eigenvalue weighted by molar-refractivity contribution is -0.0642. The number of hydrogen-bond donors (Lipinski definition) is 1. The fraction of sp³-hybridized carbons (Fsp3) is 0.533. The molecule has 1 fully saturated rings. The number of nitrogens with two attached hydrogens (primary N) is 1. The second-order valence-corrected chi connectivity index (χ2v) is 6.28. The van der Waals surface area contributed by atoms with E-state index in [1.807, 2.05) is 0 Å². The van der Waals surface area contributed by atoms with Gasteiger partial charge in [-0.25, -0.2) is 23.1 Å². The molecule has 1 amide bonds. The van der Waals surface area contributed by atoms with Gasteiger partial charge in [-0.2, -0.15) is 5.10 Å². The number of alkyl halides is 3. The molecule has 0 radical (unpaired) electrons. The van der Waals surface area contributed by atoms with E-state index >= 15 is 0 Å². The highest BCUT2D eigenvalue weighted by molar-refractivity contribution is 6.17. The number of aromatic nitrogens is 3. The van der Waals surface area contributed by atoms with Crippen LogP contribution in [-0.2, 0) is 10.6 Å². The maximum atomic E-state index is 13.4. The predicted molar refractivity (Wildman–Crippen MR) is 82.9 cm³/mol. The maximum absolute atomic E-state index is 13.4. The van der Waals surface area contributed by atoms with Gasteiger partial charge >= 0.3 is 6.09 Å². The van der Waals surface area contributed by atoms with Gasteiger partial charge in [0.05, 0.1) is 12.4 Å². The maximum Gasteiger partial charge on any atom is 0.405 e.